The van der Waals surface area contributed by atoms with Gasteiger partial charge in [-0.25, -0.2) is 4.79 Å². The summed E-state index contributed by atoms with van der Waals surface area (Å²) in [6.07, 6.45) is 0. The van der Waals surface area contributed by atoms with Crippen molar-refractivity contribution in [1.82, 2.24) is 5.32 Å². The standard InChI is InChI=1S/C16H17N3O3/c1-17-15(20)11-6-8-12(9-7-11)18-16(21)19-13-4-3-5-14(10-13)22-2/h3-10H,1-2H3,(H,17,20)(H2,18,19,21). The van der Waals surface area contributed by atoms with Crippen molar-refractivity contribution in [3.63, 3.8) is 0 Å². The Morgan fingerprint density at radius 1 is 0.955 bits per heavy atom. The number of hydrogen-bond acceptors (Lipinski definition) is 3. The van der Waals surface area contributed by atoms with Gasteiger partial charge in [0.05, 0.1) is 7.11 Å². The molecule has 6 heteroatoms. The molecule has 0 unspecified atom stereocenters. The number of amides is 3. The summed E-state index contributed by atoms with van der Waals surface area (Å²) in [5, 5.41) is 7.93. The summed E-state index contributed by atoms with van der Waals surface area (Å²) in [6, 6.07) is 13.3. The van der Waals surface area contributed by atoms with Crippen LogP contribution in [0.15, 0.2) is 48.5 Å². The highest BCUT2D eigenvalue weighted by atomic mass is 16.5. The Kier molecular flexibility index (Phi) is 4.98. The van der Waals surface area contributed by atoms with Gasteiger partial charge in [0.15, 0.2) is 0 Å². The highest BCUT2D eigenvalue weighted by Gasteiger charge is 2.05. The molecule has 0 atom stereocenters. The Morgan fingerprint density at radius 3 is 2.27 bits per heavy atom. The van der Waals surface area contributed by atoms with E-state index in [0.717, 1.165) is 0 Å². The van der Waals surface area contributed by atoms with Gasteiger partial charge in [0.25, 0.3) is 5.91 Å². The van der Waals surface area contributed by atoms with Gasteiger partial charge in [0.1, 0.15) is 5.75 Å². The lowest BCUT2D eigenvalue weighted by Crippen LogP contribution is -2.20. The lowest BCUT2D eigenvalue weighted by atomic mass is 10.2. The van der Waals surface area contributed by atoms with Crippen LogP contribution < -0.4 is 20.7 Å². The lowest BCUT2D eigenvalue weighted by molar-refractivity contribution is 0.0963. The second-order valence-electron chi connectivity index (χ2n) is 4.47. The van der Waals surface area contributed by atoms with Crippen molar-refractivity contribution in [3.8, 4) is 5.75 Å². The van der Waals surface area contributed by atoms with Crippen LogP contribution in [0.25, 0.3) is 0 Å². The molecule has 0 bridgehead atoms. The predicted octanol–water partition coefficient (Wildman–Crippen LogP) is 2.70. The van der Waals surface area contributed by atoms with Crippen LogP contribution in [0.3, 0.4) is 0 Å². The van der Waals surface area contributed by atoms with Gasteiger partial charge in [-0.3, -0.25) is 4.79 Å². The van der Waals surface area contributed by atoms with Gasteiger partial charge in [-0.2, -0.15) is 0 Å². The van der Waals surface area contributed by atoms with E-state index in [1.54, 1.807) is 62.7 Å². The van der Waals surface area contributed by atoms with Crippen LogP contribution in [0, 0.1) is 0 Å². The SMILES string of the molecule is CNC(=O)c1ccc(NC(=O)Nc2cccc(OC)c2)cc1. The molecule has 0 saturated heterocycles. The average molecular weight is 299 g/mol. The van der Waals surface area contributed by atoms with Crippen molar-refractivity contribution in [2.45, 2.75) is 0 Å². The fourth-order valence-corrected chi connectivity index (χ4v) is 1.84. The maximum atomic E-state index is 11.9. The van der Waals surface area contributed by atoms with E-state index in [4.69, 9.17) is 4.74 Å². The van der Waals surface area contributed by atoms with Gasteiger partial charge in [-0.15, -0.1) is 0 Å². The Balaban J connectivity index is 1.98. The van der Waals surface area contributed by atoms with Gasteiger partial charge >= 0.3 is 6.03 Å². The van der Waals surface area contributed by atoms with E-state index in [0.29, 0.717) is 22.7 Å². The zero-order chi connectivity index (χ0) is 15.9. The molecule has 3 amide bonds. The van der Waals surface area contributed by atoms with Crippen molar-refractivity contribution >= 4 is 23.3 Å². The molecule has 6 nitrogen and oxygen atoms in total. The largest absolute Gasteiger partial charge is 0.497 e. The van der Waals surface area contributed by atoms with E-state index in [1.807, 2.05) is 0 Å². The van der Waals surface area contributed by atoms with E-state index in [1.165, 1.54) is 0 Å². The topological polar surface area (TPSA) is 79.5 Å². The molecule has 0 aliphatic carbocycles. The average Bonchev–Trinajstić information content (AvgIpc) is 2.55. The Hall–Kier alpha value is -3.02. The number of nitrogens with one attached hydrogen (secondary N) is 3. The summed E-state index contributed by atoms with van der Waals surface area (Å²) >= 11 is 0. The molecule has 2 aromatic carbocycles. The van der Waals surface area contributed by atoms with Crippen molar-refractivity contribution in [2.24, 2.45) is 0 Å². The van der Waals surface area contributed by atoms with Crippen LogP contribution in [-0.2, 0) is 0 Å². The summed E-state index contributed by atoms with van der Waals surface area (Å²) in [4.78, 5) is 23.3. The minimum Gasteiger partial charge on any atom is -0.497 e. The minimum atomic E-state index is -0.374. The first-order valence-electron chi connectivity index (χ1n) is 6.66. The molecule has 0 aliphatic rings. The predicted molar refractivity (Wildman–Crippen MR) is 85.5 cm³/mol. The highest BCUT2D eigenvalue weighted by molar-refractivity contribution is 6.00. The number of urea groups is 1. The summed E-state index contributed by atoms with van der Waals surface area (Å²) in [5.41, 5.74) is 1.74. The second kappa shape index (κ2) is 7.12. The van der Waals surface area contributed by atoms with Crippen LogP contribution in [0.4, 0.5) is 16.2 Å². The van der Waals surface area contributed by atoms with Gasteiger partial charge in [-0.1, -0.05) is 6.07 Å². The smallest absolute Gasteiger partial charge is 0.323 e. The third-order valence-electron chi connectivity index (χ3n) is 2.96. The molecule has 22 heavy (non-hydrogen) atoms. The van der Waals surface area contributed by atoms with E-state index < -0.39 is 0 Å². The van der Waals surface area contributed by atoms with E-state index in [2.05, 4.69) is 16.0 Å². The van der Waals surface area contributed by atoms with Gasteiger partial charge in [0, 0.05) is 30.1 Å². The van der Waals surface area contributed by atoms with Crippen molar-refractivity contribution in [1.29, 1.82) is 0 Å². The molecule has 0 aromatic heterocycles. The van der Waals surface area contributed by atoms with Gasteiger partial charge in [-0.05, 0) is 36.4 Å². The lowest BCUT2D eigenvalue weighted by Gasteiger charge is -2.09. The Labute approximate surface area is 128 Å². The molecule has 0 saturated carbocycles. The first-order valence-corrected chi connectivity index (χ1v) is 6.66. The summed E-state index contributed by atoms with van der Waals surface area (Å²) in [6.45, 7) is 0. The molecular weight excluding hydrogens is 282 g/mol. The van der Waals surface area contributed by atoms with Crippen molar-refractivity contribution in [3.05, 3.63) is 54.1 Å². The van der Waals surface area contributed by atoms with Crippen molar-refractivity contribution in [2.75, 3.05) is 24.8 Å². The van der Waals surface area contributed by atoms with Gasteiger partial charge < -0.3 is 20.7 Å². The number of benzene rings is 2. The molecule has 0 heterocycles. The fourth-order valence-electron chi connectivity index (χ4n) is 1.84. The number of hydrogen-bond donors (Lipinski definition) is 3. The van der Waals surface area contributed by atoms with E-state index in [9.17, 15) is 9.59 Å². The monoisotopic (exact) mass is 299 g/mol. The number of rotatable bonds is 4. The molecule has 2 rings (SSSR count). The molecule has 0 radical (unpaired) electrons. The number of methoxy groups -OCH3 is 1. The number of ether oxygens (including phenoxy) is 1. The fraction of sp³-hybridized carbons (Fsp3) is 0.125. The summed E-state index contributed by atoms with van der Waals surface area (Å²) in [5.74, 6) is 0.486. The summed E-state index contributed by atoms with van der Waals surface area (Å²) < 4.78 is 5.09. The van der Waals surface area contributed by atoms with Crippen LogP contribution in [-0.4, -0.2) is 26.1 Å². The molecule has 3 N–H and O–H groups in total. The van der Waals surface area contributed by atoms with Crippen LogP contribution in [0.5, 0.6) is 5.75 Å². The second-order valence-corrected chi connectivity index (χ2v) is 4.47. The minimum absolute atomic E-state index is 0.174. The molecule has 0 aliphatic heterocycles. The number of carbonyl (C=O) groups is 2. The number of anilines is 2. The van der Waals surface area contributed by atoms with E-state index >= 15 is 0 Å². The van der Waals surface area contributed by atoms with Crippen LogP contribution in [0.2, 0.25) is 0 Å². The van der Waals surface area contributed by atoms with Crippen LogP contribution >= 0.6 is 0 Å². The third kappa shape index (κ3) is 3.99. The Morgan fingerprint density at radius 2 is 1.64 bits per heavy atom. The number of carbonyl (C=O) groups excluding carboxylic acids is 2. The van der Waals surface area contributed by atoms with E-state index in [-0.39, 0.29) is 11.9 Å². The van der Waals surface area contributed by atoms with Crippen LogP contribution in [0.1, 0.15) is 10.4 Å². The van der Waals surface area contributed by atoms with Crippen molar-refractivity contribution < 1.29 is 14.3 Å². The Bertz CT molecular complexity index is 669. The molecule has 0 spiro atoms. The first kappa shape index (κ1) is 15.4. The molecule has 0 fully saturated rings. The molecular formula is C16H17N3O3. The zero-order valence-electron chi connectivity index (χ0n) is 12.3. The summed E-state index contributed by atoms with van der Waals surface area (Å²) in [7, 11) is 3.13. The zero-order valence-corrected chi connectivity index (χ0v) is 12.3. The normalized spacial score (nSPS) is 9.73. The quantitative estimate of drug-likeness (QED) is 0.812. The maximum absolute atomic E-state index is 11.9. The van der Waals surface area contributed by atoms with Gasteiger partial charge in [0.2, 0.25) is 0 Å². The maximum Gasteiger partial charge on any atom is 0.323 e. The highest BCUT2D eigenvalue weighted by Crippen LogP contribution is 2.17. The molecule has 114 valence electrons. The first-order chi connectivity index (χ1) is 10.6. The third-order valence-corrected chi connectivity index (χ3v) is 2.96. The molecule has 2 aromatic rings.